The fourth-order valence-electron chi connectivity index (χ4n) is 3.47. The van der Waals surface area contributed by atoms with E-state index in [1.54, 1.807) is 0 Å². The van der Waals surface area contributed by atoms with Crippen molar-refractivity contribution < 1.29 is 0 Å². The second-order valence-electron chi connectivity index (χ2n) is 6.21. The number of likely N-dealkylation sites (tertiary alicyclic amines) is 1. The molecule has 0 amide bonds. The molecular formula is C20H21Cl2NS. The molecule has 126 valence electrons. The molecule has 0 aliphatic carbocycles. The number of nitrogens with zero attached hydrogens (tertiary/aromatic N) is 1. The van der Waals surface area contributed by atoms with Crippen molar-refractivity contribution in [2.75, 3.05) is 19.6 Å². The summed E-state index contributed by atoms with van der Waals surface area (Å²) in [4.78, 5) is 3.99. The quantitative estimate of drug-likeness (QED) is 0.516. The number of thiophene rings is 1. The van der Waals surface area contributed by atoms with Crippen molar-refractivity contribution in [1.82, 2.24) is 4.90 Å². The van der Waals surface area contributed by atoms with Crippen LogP contribution in [0.4, 0.5) is 0 Å². The lowest BCUT2D eigenvalue weighted by atomic mass is 10.0. The molecule has 1 fully saturated rings. The molecular weight excluding hydrogens is 357 g/mol. The largest absolute Gasteiger partial charge is 0.303 e. The summed E-state index contributed by atoms with van der Waals surface area (Å²) in [5.41, 5.74) is 2.78. The molecule has 1 nitrogen and oxygen atoms in total. The maximum Gasteiger partial charge on any atom is 0.0413 e. The molecule has 1 aromatic heterocycles. The molecule has 0 unspecified atom stereocenters. The van der Waals surface area contributed by atoms with Gasteiger partial charge in [0.2, 0.25) is 0 Å². The van der Waals surface area contributed by atoms with E-state index in [2.05, 4.69) is 47.4 Å². The summed E-state index contributed by atoms with van der Waals surface area (Å²) in [5, 5.41) is 2.16. The fraction of sp³-hybridized carbons (Fsp3) is 0.300. The fourth-order valence-corrected chi connectivity index (χ4v) is 4.88. The highest BCUT2D eigenvalue weighted by molar-refractivity contribution is 7.22. The van der Waals surface area contributed by atoms with Crippen molar-refractivity contribution in [3.8, 4) is 10.4 Å². The number of benzene rings is 2. The lowest BCUT2D eigenvalue weighted by Crippen LogP contribution is -2.22. The van der Waals surface area contributed by atoms with Gasteiger partial charge < -0.3 is 4.90 Å². The van der Waals surface area contributed by atoms with E-state index in [-0.39, 0.29) is 12.4 Å². The molecule has 0 saturated carbocycles. The van der Waals surface area contributed by atoms with Crippen LogP contribution in [0.2, 0.25) is 5.02 Å². The molecule has 3 aromatic rings. The molecule has 4 rings (SSSR count). The average molecular weight is 378 g/mol. The minimum absolute atomic E-state index is 0. The second-order valence-corrected chi connectivity index (χ2v) is 7.70. The van der Waals surface area contributed by atoms with Crippen molar-refractivity contribution in [1.29, 1.82) is 0 Å². The Morgan fingerprint density at radius 1 is 1.00 bits per heavy atom. The zero-order valence-corrected chi connectivity index (χ0v) is 15.9. The van der Waals surface area contributed by atoms with Crippen molar-refractivity contribution in [2.24, 2.45) is 0 Å². The third kappa shape index (κ3) is 3.62. The molecule has 2 aromatic carbocycles. The number of halogens is 2. The summed E-state index contributed by atoms with van der Waals surface area (Å²) in [5.74, 6) is 0. The molecule has 24 heavy (non-hydrogen) atoms. The zero-order valence-electron chi connectivity index (χ0n) is 13.5. The molecule has 1 saturated heterocycles. The van der Waals surface area contributed by atoms with Crippen LogP contribution < -0.4 is 0 Å². The monoisotopic (exact) mass is 377 g/mol. The lowest BCUT2D eigenvalue weighted by Gasteiger charge is -2.15. The van der Waals surface area contributed by atoms with Gasteiger partial charge in [0.1, 0.15) is 0 Å². The third-order valence-corrected chi connectivity index (χ3v) is 6.16. The van der Waals surface area contributed by atoms with Crippen LogP contribution in [0.3, 0.4) is 0 Å². The van der Waals surface area contributed by atoms with Crippen LogP contribution in [0.15, 0.2) is 48.5 Å². The van der Waals surface area contributed by atoms with Crippen molar-refractivity contribution in [2.45, 2.75) is 19.3 Å². The number of hydrogen-bond donors (Lipinski definition) is 0. The van der Waals surface area contributed by atoms with E-state index < -0.39 is 0 Å². The first-order chi connectivity index (χ1) is 11.3. The lowest BCUT2D eigenvalue weighted by molar-refractivity contribution is 0.344. The van der Waals surface area contributed by atoms with Crippen molar-refractivity contribution in [3.05, 3.63) is 59.1 Å². The van der Waals surface area contributed by atoms with Crippen molar-refractivity contribution >= 4 is 45.4 Å². The Bertz CT molecular complexity index is 807. The van der Waals surface area contributed by atoms with Gasteiger partial charge in [0, 0.05) is 21.1 Å². The molecule has 0 atom stereocenters. The van der Waals surface area contributed by atoms with Crippen molar-refractivity contribution in [3.63, 3.8) is 0 Å². The normalized spacial score (nSPS) is 14.9. The molecule has 0 bridgehead atoms. The summed E-state index contributed by atoms with van der Waals surface area (Å²) >= 11 is 8.16. The molecule has 4 heteroatoms. The first-order valence-electron chi connectivity index (χ1n) is 8.30. The number of fused-ring (bicyclic) bond motifs is 1. The molecule has 0 spiro atoms. The Kier molecular flexibility index (Phi) is 5.83. The number of rotatable bonds is 4. The highest BCUT2D eigenvalue weighted by Gasteiger charge is 2.17. The van der Waals surface area contributed by atoms with Gasteiger partial charge in [-0.25, -0.2) is 0 Å². The highest BCUT2D eigenvalue weighted by Crippen LogP contribution is 2.40. The van der Waals surface area contributed by atoms with E-state index in [0.29, 0.717) is 0 Å². The predicted molar refractivity (Wildman–Crippen MR) is 109 cm³/mol. The maximum atomic E-state index is 6.27. The SMILES string of the molecule is Cl.Clc1ccc2sc(-c3ccccc3)c(CCN3CCCC3)c2c1. The first kappa shape index (κ1) is 17.8. The summed E-state index contributed by atoms with van der Waals surface area (Å²) in [6, 6.07) is 17.1. The van der Waals surface area contributed by atoms with Crippen LogP contribution in [0.1, 0.15) is 18.4 Å². The Morgan fingerprint density at radius 2 is 1.75 bits per heavy atom. The van der Waals surface area contributed by atoms with Gasteiger partial charge in [-0.2, -0.15) is 0 Å². The Balaban J connectivity index is 0.00000169. The predicted octanol–water partition coefficient (Wildman–Crippen LogP) is 6.28. The van der Waals surface area contributed by atoms with Crippen LogP contribution in [0.25, 0.3) is 20.5 Å². The van der Waals surface area contributed by atoms with Gasteiger partial charge in [-0.05, 0) is 67.1 Å². The van der Waals surface area contributed by atoms with Gasteiger partial charge in [-0.15, -0.1) is 23.7 Å². The van der Waals surface area contributed by atoms with Crippen LogP contribution >= 0.6 is 35.3 Å². The van der Waals surface area contributed by atoms with Gasteiger partial charge in [-0.1, -0.05) is 41.9 Å². The van der Waals surface area contributed by atoms with E-state index in [0.717, 1.165) is 18.0 Å². The summed E-state index contributed by atoms with van der Waals surface area (Å²) in [6.45, 7) is 3.66. The van der Waals surface area contributed by atoms with E-state index in [1.165, 1.54) is 52.0 Å². The van der Waals surface area contributed by atoms with Crippen LogP contribution in [0, 0.1) is 0 Å². The van der Waals surface area contributed by atoms with E-state index in [1.807, 2.05) is 17.4 Å². The summed E-state index contributed by atoms with van der Waals surface area (Å²) in [7, 11) is 0. The average Bonchev–Trinajstić information content (AvgIpc) is 3.21. The maximum absolute atomic E-state index is 6.27. The van der Waals surface area contributed by atoms with Crippen LogP contribution in [-0.2, 0) is 6.42 Å². The molecule has 1 aliphatic heterocycles. The zero-order chi connectivity index (χ0) is 15.6. The van der Waals surface area contributed by atoms with E-state index >= 15 is 0 Å². The van der Waals surface area contributed by atoms with Gasteiger partial charge in [-0.3, -0.25) is 0 Å². The van der Waals surface area contributed by atoms with Crippen LogP contribution in [-0.4, -0.2) is 24.5 Å². The molecule has 1 aliphatic rings. The second kappa shape index (κ2) is 7.88. The smallest absolute Gasteiger partial charge is 0.0413 e. The Labute approximate surface area is 158 Å². The third-order valence-electron chi connectivity index (χ3n) is 4.67. The first-order valence-corrected chi connectivity index (χ1v) is 9.49. The topological polar surface area (TPSA) is 3.24 Å². The number of hydrogen-bond acceptors (Lipinski definition) is 2. The van der Waals surface area contributed by atoms with Gasteiger partial charge in [0.05, 0.1) is 0 Å². The van der Waals surface area contributed by atoms with Gasteiger partial charge in [0.15, 0.2) is 0 Å². The molecule has 0 radical (unpaired) electrons. The Hall–Kier alpha value is -1.06. The summed E-state index contributed by atoms with van der Waals surface area (Å²) < 4.78 is 1.34. The Morgan fingerprint density at radius 3 is 2.50 bits per heavy atom. The molecule has 0 N–H and O–H groups in total. The molecule has 2 heterocycles. The summed E-state index contributed by atoms with van der Waals surface area (Å²) in [6.07, 6.45) is 3.80. The minimum atomic E-state index is 0. The van der Waals surface area contributed by atoms with E-state index in [9.17, 15) is 0 Å². The highest BCUT2D eigenvalue weighted by atomic mass is 35.5. The standard InChI is InChI=1S/C20H20ClNS.ClH/c21-16-8-9-19-18(14-16)17(10-13-22-11-4-5-12-22)20(23-19)15-6-2-1-3-7-15;/h1-3,6-9,14H,4-5,10-13H2;1H. The van der Waals surface area contributed by atoms with Gasteiger partial charge in [0.25, 0.3) is 0 Å². The van der Waals surface area contributed by atoms with Gasteiger partial charge >= 0.3 is 0 Å². The van der Waals surface area contributed by atoms with E-state index in [4.69, 9.17) is 11.6 Å². The van der Waals surface area contributed by atoms with Crippen LogP contribution in [0.5, 0.6) is 0 Å². The minimum Gasteiger partial charge on any atom is -0.303 e.